The fourth-order valence-corrected chi connectivity index (χ4v) is 1.69. The molecule has 1 N–H and O–H groups in total. The highest BCUT2D eigenvalue weighted by molar-refractivity contribution is 5.94. The number of amides is 1. The maximum absolute atomic E-state index is 12.0. The van der Waals surface area contributed by atoms with Crippen LogP contribution in [0, 0.1) is 0 Å². The van der Waals surface area contributed by atoms with Gasteiger partial charge >= 0.3 is 0 Å². The molecule has 1 amide bonds. The van der Waals surface area contributed by atoms with E-state index in [-0.39, 0.29) is 17.5 Å². The highest BCUT2D eigenvalue weighted by Gasteiger charge is 2.11. The molecule has 0 fully saturated rings. The van der Waals surface area contributed by atoms with E-state index in [1.54, 1.807) is 18.1 Å². The fourth-order valence-electron chi connectivity index (χ4n) is 1.69. The van der Waals surface area contributed by atoms with E-state index in [1.807, 2.05) is 6.92 Å². The van der Waals surface area contributed by atoms with Crippen molar-refractivity contribution in [2.24, 2.45) is 7.05 Å². The van der Waals surface area contributed by atoms with E-state index >= 15 is 0 Å². The fraction of sp³-hybridized carbons (Fsp3) is 0.333. The molecule has 2 heterocycles. The first-order chi connectivity index (χ1) is 9.06. The molecule has 0 aliphatic carbocycles. The van der Waals surface area contributed by atoms with Crippen molar-refractivity contribution in [3.63, 3.8) is 0 Å². The molecular weight excluding hydrogens is 246 g/mol. The van der Waals surface area contributed by atoms with Crippen molar-refractivity contribution in [1.82, 2.24) is 24.6 Å². The minimum atomic E-state index is -0.219. The maximum atomic E-state index is 12.0. The summed E-state index contributed by atoms with van der Waals surface area (Å²) < 4.78 is 3.02. The molecule has 0 radical (unpaired) electrons. The lowest BCUT2D eigenvalue weighted by Gasteiger charge is -2.13. The van der Waals surface area contributed by atoms with Crippen molar-refractivity contribution >= 4 is 5.91 Å². The molecule has 0 saturated carbocycles. The minimum absolute atomic E-state index is 0.0913. The standard InChI is InChI=1S/C12H15N5O2/c1-9(5-17-8-13-7-14-17)15-12(19)10-3-4-11(18)16(2)6-10/h3-4,6-9H,5H2,1-2H3,(H,15,19). The zero-order valence-electron chi connectivity index (χ0n) is 10.8. The molecule has 7 heteroatoms. The summed E-state index contributed by atoms with van der Waals surface area (Å²) in [6.07, 6.45) is 4.55. The second kappa shape index (κ2) is 5.47. The van der Waals surface area contributed by atoms with Gasteiger partial charge in [0.15, 0.2) is 0 Å². The lowest BCUT2D eigenvalue weighted by Crippen LogP contribution is -2.36. The molecule has 0 aliphatic heterocycles. The third-order valence-corrected chi connectivity index (χ3v) is 2.65. The SMILES string of the molecule is CC(Cn1cncn1)NC(=O)c1ccc(=O)n(C)c1. The predicted molar refractivity (Wildman–Crippen MR) is 68.6 cm³/mol. The first-order valence-corrected chi connectivity index (χ1v) is 5.86. The van der Waals surface area contributed by atoms with Crippen LogP contribution in [0.4, 0.5) is 0 Å². The summed E-state index contributed by atoms with van der Waals surface area (Å²) in [6, 6.07) is 2.79. The van der Waals surface area contributed by atoms with Gasteiger partial charge in [-0.25, -0.2) is 4.98 Å². The van der Waals surface area contributed by atoms with E-state index in [0.29, 0.717) is 12.1 Å². The van der Waals surface area contributed by atoms with Gasteiger partial charge in [0.2, 0.25) is 5.56 Å². The molecule has 0 aromatic carbocycles. The first kappa shape index (κ1) is 13.0. The van der Waals surface area contributed by atoms with Crippen LogP contribution in [0.3, 0.4) is 0 Å². The van der Waals surface area contributed by atoms with Gasteiger partial charge in [-0.1, -0.05) is 0 Å². The van der Waals surface area contributed by atoms with Crippen LogP contribution in [0.2, 0.25) is 0 Å². The van der Waals surface area contributed by atoms with Crippen LogP contribution in [-0.4, -0.2) is 31.3 Å². The van der Waals surface area contributed by atoms with Crippen LogP contribution in [0.15, 0.2) is 35.8 Å². The van der Waals surface area contributed by atoms with Crippen LogP contribution in [0.25, 0.3) is 0 Å². The molecule has 2 aromatic rings. The quantitative estimate of drug-likeness (QED) is 0.826. The van der Waals surface area contributed by atoms with E-state index in [9.17, 15) is 9.59 Å². The zero-order valence-corrected chi connectivity index (χ0v) is 10.8. The summed E-state index contributed by atoms with van der Waals surface area (Å²) in [5.74, 6) is -0.219. The highest BCUT2D eigenvalue weighted by Crippen LogP contribution is 1.97. The number of aryl methyl sites for hydroxylation is 1. The third kappa shape index (κ3) is 3.27. The minimum Gasteiger partial charge on any atom is -0.348 e. The van der Waals surface area contributed by atoms with Crippen LogP contribution < -0.4 is 10.9 Å². The number of carbonyl (C=O) groups excluding carboxylic acids is 1. The Kier molecular flexibility index (Phi) is 3.74. The van der Waals surface area contributed by atoms with E-state index < -0.39 is 0 Å². The molecule has 2 rings (SSSR count). The first-order valence-electron chi connectivity index (χ1n) is 5.86. The second-order valence-corrected chi connectivity index (χ2v) is 4.36. The lowest BCUT2D eigenvalue weighted by molar-refractivity contribution is 0.0935. The molecule has 100 valence electrons. The van der Waals surface area contributed by atoms with Gasteiger partial charge in [0.05, 0.1) is 12.1 Å². The number of hydrogen-bond donors (Lipinski definition) is 1. The Balaban J connectivity index is 2.00. The van der Waals surface area contributed by atoms with Crippen LogP contribution >= 0.6 is 0 Å². The number of carbonyl (C=O) groups is 1. The Bertz CT molecular complexity index is 617. The Morgan fingerprint density at radius 1 is 1.47 bits per heavy atom. The van der Waals surface area contributed by atoms with Gasteiger partial charge in [0.25, 0.3) is 5.91 Å². The Morgan fingerprint density at radius 2 is 2.26 bits per heavy atom. The summed E-state index contributed by atoms with van der Waals surface area (Å²) in [7, 11) is 1.61. The van der Waals surface area contributed by atoms with Gasteiger partial charge in [0.1, 0.15) is 12.7 Å². The topological polar surface area (TPSA) is 81.8 Å². The number of rotatable bonds is 4. The smallest absolute Gasteiger partial charge is 0.253 e. The molecule has 0 spiro atoms. The average molecular weight is 261 g/mol. The molecule has 0 saturated heterocycles. The van der Waals surface area contributed by atoms with E-state index in [2.05, 4.69) is 15.4 Å². The summed E-state index contributed by atoms with van der Waals surface area (Å²) in [5, 5.41) is 6.81. The van der Waals surface area contributed by atoms with E-state index in [1.165, 1.54) is 29.2 Å². The van der Waals surface area contributed by atoms with E-state index in [0.717, 1.165) is 0 Å². The third-order valence-electron chi connectivity index (χ3n) is 2.65. The van der Waals surface area contributed by atoms with Crippen molar-refractivity contribution in [1.29, 1.82) is 0 Å². The summed E-state index contributed by atoms with van der Waals surface area (Å²) in [4.78, 5) is 27.1. The molecular formula is C12H15N5O2. The number of hydrogen-bond acceptors (Lipinski definition) is 4. The highest BCUT2D eigenvalue weighted by atomic mass is 16.2. The number of nitrogens with zero attached hydrogens (tertiary/aromatic N) is 4. The van der Waals surface area contributed by atoms with Gasteiger partial charge in [-0.05, 0) is 13.0 Å². The van der Waals surface area contributed by atoms with Crippen molar-refractivity contribution in [2.45, 2.75) is 19.5 Å². The summed E-state index contributed by atoms with van der Waals surface area (Å²) in [6.45, 7) is 2.42. The van der Waals surface area contributed by atoms with Gasteiger partial charge in [-0.2, -0.15) is 5.10 Å². The number of nitrogens with one attached hydrogen (secondary N) is 1. The second-order valence-electron chi connectivity index (χ2n) is 4.36. The summed E-state index contributed by atoms with van der Waals surface area (Å²) in [5.41, 5.74) is 0.305. The average Bonchev–Trinajstić information content (AvgIpc) is 2.85. The Labute approximate surface area is 109 Å². The summed E-state index contributed by atoms with van der Waals surface area (Å²) >= 11 is 0. The Morgan fingerprint density at radius 3 is 2.89 bits per heavy atom. The molecule has 0 bridgehead atoms. The van der Waals surface area contributed by atoms with Gasteiger partial charge < -0.3 is 9.88 Å². The van der Waals surface area contributed by atoms with Gasteiger partial charge in [-0.15, -0.1) is 0 Å². The Hall–Kier alpha value is -2.44. The van der Waals surface area contributed by atoms with Crippen molar-refractivity contribution in [2.75, 3.05) is 0 Å². The number of pyridine rings is 1. The molecule has 0 aliphatic rings. The van der Waals surface area contributed by atoms with Crippen molar-refractivity contribution in [3.05, 3.63) is 46.9 Å². The van der Waals surface area contributed by atoms with Crippen LogP contribution in [0.1, 0.15) is 17.3 Å². The van der Waals surface area contributed by atoms with Crippen molar-refractivity contribution in [3.8, 4) is 0 Å². The van der Waals surface area contributed by atoms with Crippen molar-refractivity contribution < 1.29 is 4.79 Å². The molecule has 1 atom stereocenters. The lowest BCUT2D eigenvalue weighted by atomic mass is 10.2. The number of aromatic nitrogens is 4. The molecule has 1 unspecified atom stereocenters. The molecule has 19 heavy (non-hydrogen) atoms. The van der Waals surface area contributed by atoms with Crippen LogP contribution in [-0.2, 0) is 13.6 Å². The predicted octanol–water partition coefficient (Wildman–Crippen LogP) is -0.205. The zero-order chi connectivity index (χ0) is 13.8. The van der Waals surface area contributed by atoms with Gasteiger partial charge in [-0.3, -0.25) is 14.3 Å². The normalized spacial score (nSPS) is 12.1. The van der Waals surface area contributed by atoms with E-state index in [4.69, 9.17) is 0 Å². The largest absolute Gasteiger partial charge is 0.348 e. The van der Waals surface area contributed by atoms with Gasteiger partial charge in [0, 0.05) is 25.4 Å². The monoisotopic (exact) mass is 261 g/mol. The maximum Gasteiger partial charge on any atom is 0.253 e. The molecule has 7 nitrogen and oxygen atoms in total. The van der Waals surface area contributed by atoms with Crippen LogP contribution in [0.5, 0.6) is 0 Å². The molecule has 2 aromatic heterocycles.